The van der Waals surface area contributed by atoms with Gasteiger partial charge in [0.1, 0.15) is 11.4 Å². The number of fused-ring (bicyclic) bond motifs is 1. The molecular weight excluding hydrogens is 542 g/mol. The summed E-state index contributed by atoms with van der Waals surface area (Å²) in [6.45, 7) is 15.8. The van der Waals surface area contributed by atoms with Crippen molar-refractivity contribution in [2.24, 2.45) is 0 Å². The molecule has 1 saturated heterocycles. The summed E-state index contributed by atoms with van der Waals surface area (Å²) >= 11 is 0. The van der Waals surface area contributed by atoms with Crippen LogP contribution in [-0.2, 0) is 20.8 Å². The van der Waals surface area contributed by atoms with E-state index in [2.05, 4.69) is 86.9 Å². The monoisotopic (exact) mass is 587 g/mol. The van der Waals surface area contributed by atoms with Gasteiger partial charge in [-0.25, -0.2) is 4.68 Å². The lowest BCUT2D eigenvalue weighted by atomic mass is 10.1. The Bertz CT molecular complexity index is 1460. The SMILES string of the molecule is C[C@H](OCCOCc1ccccc1)c1cncc(-c2nn(C3CCCCO3)c3ccc(O[Si](C)(C)C(C)(C)C)cc23)c1. The van der Waals surface area contributed by atoms with E-state index in [1.165, 1.54) is 0 Å². The van der Waals surface area contributed by atoms with E-state index < -0.39 is 8.32 Å². The Morgan fingerprint density at radius 3 is 2.57 bits per heavy atom. The van der Waals surface area contributed by atoms with Crippen molar-refractivity contribution >= 4 is 19.2 Å². The molecule has 1 aliphatic heterocycles. The summed E-state index contributed by atoms with van der Waals surface area (Å²) in [5.41, 5.74) is 5.04. The fraction of sp³-hybridized carbons (Fsp3) is 0.471. The van der Waals surface area contributed by atoms with Gasteiger partial charge in [-0.1, -0.05) is 51.1 Å². The second-order valence-electron chi connectivity index (χ2n) is 12.7. The average molecular weight is 588 g/mol. The summed E-state index contributed by atoms with van der Waals surface area (Å²) in [7, 11) is -2.01. The molecular formula is C34H45N3O4Si. The Balaban J connectivity index is 1.37. The molecule has 1 aliphatic rings. The van der Waals surface area contributed by atoms with Crippen LogP contribution in [0.3, 0.4) is 0 Å². The Hall–Kier alpha value is -3.04. The van der Waals surface area contributed by atoms with Gasteiger partial charge >= 0.3 is 0 Å². The molecule has 1 unspecified atom stereocenters. The first-order chi connectivity index (χ1) is 20.1. The summed E-state index contributed by atoms with van der Waals surface area (Å²) < 4.78 is 26.8. The predicted octanol–water partition coefficient (Wildman–Crippen LogP) is 8.48. The fourth-order valence-corrected chi connectivity index (χ4v) is 5.96. The molecule has 0 spiro atoms. The molecule has 5 rings (SSSR count). The molecule has 3 heterocycles. The second-order valence-corrected chi connectivity index (χ2v) is 17.4. The highest BCUT2D eigenvalue weighted by molar-refractivity contribution is 6.74. The first-order valence-corrected chi connectivity index (χ1v) is 18.0. The van der Waals surface area contributed by atoms with Crippen LogP contribution in [0.2, 0.25) is 18.1 Å². The summed E-state index contributed by atoms with van der Waals surface area (Å²) in [5, 5.41) is 6.28. The minimum Gasteiger partial charge on any atom is -0.543 e. The van der Waals surface area contributed by atoms with Gasteiger partial charge in [0.05, 0.1) is 31.4 Å². The molecule has 0 amide bonds. The van der Waals surface area contributed by atoms with Crippen LogP contribution < -0.4 is 4.43 Å². The maximum Gasteiger partial charge on any atom is 0.250 e. The van der Waals surface area contributed by atoms with Gasteiger partial charge in [0.15, 0.2) is 6.23 Å². The molecule has 2 aromatic carbocycles. The van der Waals surface area contributed by atoms with Crippen molar-refractivity contribution in [3.8, 4) is 17.0 Å². The summed E-state index contributed by atoms with van der Waals surface area (Å²) in [6.07, 6.45) is 6.72. The van der Waals surface area contributed by atoms with Crippen molar-refractivity contribution < 1.29 is 18.6 Å². The van der Waals surface area contributed by atoms with Gasteiger partial charge in [-0.05, 0) is 79.7 Å². The van der Waals surface area contributed by atoms with Crippen LogP contribution in [0.1, 0.15) is 70.4 Å². The number of hydrogen-bond donors (Lipinski definition) is 0. The van der Waals surface area contributed by atoms with Gasteiger partial charge in [0.25, 0.3) is 0 Å². The number of ether oxygens (including phenoxy) is 3. The molecule has 224 valence electrons. The zero-order chi connectivity index (χ0) is 29.7. The van der Waals surface area contributed by atoms with Crippen LogP contribution in [-0.4, -0.2) is 42.9 Å². The van der Waals surface area contributed by atoms with E-state index in [0.29, 0.717) is 19.8 Å². The number of rotatable bonds is 11. The molecule has 4 aromatic rings. The molecule has 0 N–H and O–H groups in total. The molecule has 0 saturated carbocycles. The number of nitrogens with zero attached hydrogens (tertiary/aromatic N) is 3. The highest BCUT2D eigenvalue weighted by atomic mass is 28.4. The zero-order valence-electron chi connectivity index (χ0n) is 25.9. The average Bonchev–Trinajstić information content (AvgIpc) is 3.36. The van der Waals surface area contributed by atoms with Gasteiger partial charge in [-0.15, -0.1) is 0 Å². The van der Waals surface area contributed by atoms with Gasteiger partial charge < -0.3 is 18.6 Å². The van der Waals surface area contributed by atoms with Crippen molar-refractivity contribution in [3.05, 3.63) is 78.1 Å². The number of hydrogen-bond acceptors (Lipinski definition) is 6. The van der Waals surface area contributed by atoms with Crippen LogP contribution in [0, 0.1) is 0 Å². The minimum atomic E-state index is -2.01. The molecule has 2 aromatic heterocycles. The van der Waals surface area contributed by atoms with Gasteiger partial charge in [-0.2, -0.15) is 5.10 Å². The van der Waals surface area contributed by atoms with Gasteiger partial charge in [0.2, 0.25) is 8.32 Å². The molecule has 0 aliphatic carbocycles. The Kier molecular flexibility index (Phi) is 9.47. The molecule has 0 bridgehead atoms. The van der Waals surface area contributed by atoms with Crippen LogP contribution in [0.5, 0.6) is 5.75 Å². The molecule has 0 radical (unpaired) electrons. The third-order valence-electron chi connectivity index (χ3n) is 8.49. The molecule has 1 fully saturated rings. The Labute approximate surface area is 251 Å². The molecule has 8 heteroatoms. The van der Waals surface area contributed by atoms with Crippen LogP contribution >= 0.6 is 0 Å². The van der Waals surface area contributed by atoms with E-state index in [-0.39, 0.29) is 17.4 Å². The van der Waals surface area contributed by atoms with Crippen molar-refractivity contribution in [2.75, 3.05) is 19.8 Å². The highest BCUT2D eigenvalue weighted by Gasteiger charge is 2.39. The van der Waals surface area contributed by atoms with Crippen molar-refractivity contribution in [1.82, 2.24) is 14.8 Å². The van der Waals surface area contributed by atoms with E-state index in [0.717, 1.165) is 64.9 Å². The lowest BCUT2D eigenvalue weighted by Crippen LogP contribution is -2.43. The van der Waals surface area contributed by atoms with E-state index in [9.17, 15) is 0 Å². The third kappa shape index (κ3) is 7.11. The largest absolute Gasteiger partial charge is 0.543 e. The maximum atomic E-state index is 6.70. The van der Waals surface area contributed by atoms with E-state index >= 15 is 0 Å². The lowest BCUT2D eigenvalue weighted by molar-refractivity contribution is -0.0365. The first kappa shape index (κ1) is 30.4. The first-order valence-electron chi connectivity index (χ1n) is 15.1. The molecule has 2 atom stereocenters. The van der Waals surface area contributed by atoms with Gasteiger partial charge in [0, 0.05) is 30.0 Å². The smallest absolute Gasteiger partial charge is 0.250 e. The molecule has 7 nitrogen and oxygen atoms in total. The molecule has 42 heavy (non-hydrogen) atoms. The third-order valence-corrected chi connectivity index (χ3v) is 12.9. The fourth-order valence-electron chi connectivity index (χ4n) is 4.93. The number of benzene rings is 2. The lowest BCUT2D eigenvalue weighted by Gasteiger charge is -2.36. The summed E-state index contributed by atoms with van der Waals surface area (Å²) in [5.74, 6) is 0.885. The maximum absolute atomic E-state index is 6.70. The standard InChI is InChI=1S/C34H45N3O4Si/c1-25(39-19-18-38-24-26-12-8-7-9-13-26)27-20-28(23-35-22-27)33-30-21-29(41-42(5,6)34(2,3)4)15-16-31(30)37(36-33)32-14-10-11-17-40-32/h7-9,12-13,15-16,20-23,25,32H,10-11,14,17-19,24H2,1-6H3/t25-,32?/m0/s1. The van der Waals surface area contributed by atoms with Crippen LogP contribution in [0.4, 0.5) is 0 Å². The Morgan fingerprint density at radius 2 is 1.83 bits per heavy atom. The highest BCUT2D eigenvalue weighted by Crippen LogP contribution is 2.40. The van der Waals surface area contributed by atoms with Crippen molar-refractivity contribution in [3.63, 3.8) is 0 Å². The van der Waals surface area contributed by atoms with E-state index in [1.54, 1.807) is 0 Å². The van der Waals surface area contributed by atoms with Crippen molar-refractivity contribution in [2.45, 2.75) is 84.0 Å². The zero-order valence-corrected chi connectivity index (χ0v) is 26.9. The summed E-state index contributed by atoms with van der Waals surface area (Å²) in [6, 6.07) is 18.7. The second kappa shape index (κ2) is 13.1. The van der Waals surface area contributed by atoms with E-state index in [4.69, 9.17) is 23.7 Å². The van der Waals surface area contributed by atoms with Crippen molar-refractivity contribution in [1.29, 1.82) is 0 Å². The quantitative estimate of drug-likeness (QED) is 0.129. The topological polar surface area (TPSA) is 67.6 Å². The minimum absolute atomic E-state index is 0.0727. The van der Waals surface area contributed by atoms with Crippen LogP contribution in [0.25, 0.3) is 22.2 Å². The van der Waals surface area contributed by atoms with Gasteiger partial charge in [-0.3, -0.25) is 4.98 Å². The normalized spacial score (nSPS) is 17.0. The summed E-state index contributed by atoms with van der Waals surface area (Å²) in [4.78, 5) is 4.59. The number of aromatic nitrogens is 3. The number of pyridine rings is 1. The van der Waals surface area contributed by atoms with Crippen LogP contribution in [0.15, 0.2) is 67.0 Å². The predicted molar refractivity (Wildman–Crippen MR) is 170 cm³/mol. The van der Waals surface area contributed by atoms with E-state index in [1.807, 2.05) is 30.6 Å². The Morgan fingerprint density at radius 1 is 1.02 bits per heavy atom.